The van der Waals surface area contributed by atoms with Crippen LogP contribution >= 0.6 is 139 Å². The first-order valence-corrected chi connectivity index (χ1v) is 20.1. The van der Waals surface area contributed by atoms with Crippen molar-refractivity contribution < 1.29 is 0 Å². The van der Waals surface area contributed by atoms with Crippen LogP contribution in [0, 0.1) is 18.1 Å². The van der Waals surface area contributed by atoms with Gasteiger partial charge in [0, 0.05) is 0 Å². The highest BCUT2D eigenvalue weighted by molar-refractivity contribution is 8.46. The van der Waals surface area contributed by atoms with Crippen LogP contribution in [-0.4, -0.2) is 25.0 Å². The number of hydrogen-bond donors (Lipinski definition) is 0. The minimum absolute atomic E-state index is 0.0167. The molecule has 0 fully saturated rings. The van der Waals surface area contributed by atoms with Crippen molar-refractivity contribution in [1.82, 2.24) is 0 Å². The van der Waals surface area contributed by atoms with Gasteiger partial charge in [0.05, 0.1) is 43.6 Å². The van der Waals surface area contributed by atoms with Gasteiger partial charge in [-0.15, -0.1) is 92.4 Å². The molecule has 1 aliphatic carbocycles. The fourth-order valence-corrected chi connectivity index (χ4v) is 18.6. The number of thioether (sulfide) groups is 8. The molecule has 5 aliphatic rings. The Morgan fingerprint density at radius 3 is 0.938 bits per heavy atom. The van der Waals surface area contributed by atoms with E-state index in [0.29, 0.717) is 18.1 Å². The maximum Gasteiger partial charge on any atom is 0.216 e. The highest BCUT2D eigenvalue weighted by Gasteiger charge is 2.24. The van der Waals surface area contributed by atoms with E-state index in [9.17, 15) is 9.59 Å². The summed E-state index contributed by atoms with van der Waals surface area (Å²) >= 11 is 20.0. The van der Waals surface area contributed by atoms with Crippen LogP contribution in [0.5, 0.6) is 0 Å². The molecule has 2 nitrogen and oxygen atoms in total. The summed E-state index contributed by atoms with van der Waals surface area (Å²) in [5.41, 5.74) is 0.0335. The van der Waals surface area contributed by atoms with E-state index in [1.54, 1.807) is 94.1 Å². The zero-order valence-corrected chi connectivity index (χ0v) is 26.5. The van der Waals surface area contributed by atoms with Gasteiger partial charge < -0.3 is 0 Å². The number of rotatable bonds is 4. The predicted molar refractivity (Wildman–Crippen MR) is 166 cm³/mol. The molecule has 0 aromatic carbocycles. The van der Waals surface area contributed by atoms with E-state index in [4.69, 9.17) is 0 Å². The molecular formula is C18H12O2S12. The average molecular weight is 645 g/mol. The fraction of sp³-hybridized carbons (Fsp3) is 0.222. The Morgan fingerprint density at radius 1 is 0.469 bits per heavy atom. The molecule has 0 aromatic heterocycles. The minimum atomic E-state index is 0.0167. The highest BCUT2D eigenvalue weighted by Crippen LogP contribution is 2.57. The van der Waals surface area contributed by atoms with E-state index >= 15 is 0 Å². The topological polar surface area (TPSA) is 34.1 Å². The lowest BCUT2D eigenvalue weighted by Crippen LogP contribution is -2.11. The zero-order chi connectivity index (χ0) is 22.6. The van der Waals surface area contributed by atoms with Gasteiger partial charge >= 0.3 is 0 Å². The summed E-state index contributed by atoms with van der Waals surface area (Å²) < 4.78 is 12.2. The first-order chi connectivity index (χ1) is 15.5. The van der Waals surface area contributed by atoms with Gasteiger partial charge in [-0.1, -0.05) is 47.0 Å². The van der Waals surface area contributed by atoms with Crippen LogP contribution in [0.3, 0.4) is 0 Å². The van der Waals surface area contributed by atoms with E-state index in [1.165, 1.54) is 70.8 Å². The van der Waals surface area contributed by atoms with E-state index in [0.717, 1.165) is 7.69 Å². The van der Waals surface area contributed by atoms with Crippen LogP contribution in [0.4, 0.5) is 0 Å². The largest absolute Gasteiger partial charge is 0.287 e. The Labute approximate surface area is 233 Å². The summed E-state index contributed by atoms with van der Waals surface area (Å²) in [5.74, 6) is 0. The molecule has 4 heterocycles. The molecule has 32 heavy (non-hydrogen) atoms. The Hall–Kier alpha value is 1.46. The van der Waals surface area contributed by atoms with Gasteiger partial charge in [-0.05, 0) is 25.0 Å². The molecule has 0 bridgehead atoms. The van der Waals surface area contributed by atoms with E-state index in [1.807, 2.05) is 0 Å². The Balaban J connectivity index is 1.68. The molecular weight excluding hydrogens is 633 g/mol. The van der Waals surface area contributed by atoms with Gasteiger partial charge in [-0.25, -0.2) is 0 Å². The van der Waals surface area contributed by atoms with Gasteiger partial charge in [0.25, 0.3) is 0 Å². The molecule has 0 atom stereocenters. The van der Waals surface area contributed by atoms with Gasteiger partial charge in [-0.2, -0.15) is 0 Å². The van der Waals surface area contributed by atoms with Crippen molar-refractivity contribution in [3.05, 3.63) is 63.2 Å². The van der Waals surface area contributed by atoms with E-state index in [-0.39, 0.29) is 10.9 Å². The average Bonchev–Trinajstić information content (AvgIpc) is 3.58. The van der Waals surface area contributed by atoms with Crippen molar-refractivity contribution in [3.63, 3.8) is 0 Å². The lowest BCUT2D eigenvalue weighted by molar-refractivity contribution is 1.45. The second-order valence-electron chi connectivity index (χ2n) is 5.91. The highest BCUT2D eigenvalue weighted by atomic mass is 32.3. The Morgan fingerprint density at radius 2 is 0.719 bits per heavy atom. The third kappa shape index (κ3) is 4.40. The van der Waals surface area contributed by atoms with Crippen molar-refractivity contribution in [2.24, 2.45) is 0 Å². The van der Waals surface area contributed by atoms with Crippen LogP contribution in [-0.2, 0) is 0 Å². The summed E-state index contributed by atoms with van der Waals surface area (Å²) in [4.78, 5) is 26.8. The summed E-state index contributed by atoms with van der Waals surface area (Å²) in [6, 6.07) is 0. The van der Waals surface area contributed by atoms with E-state index < -0.39 is 0 Å². The van der Waals surface area contributed by atoms with Crippen LogP contribution in [0.25, 0.3) is 8.47 Å². The molecule has 0 aromatic rings. The minimum Gasteiger partial charge on any atom is -0.287 e. The Kier molecular flexibility index (Phi) is 8.20. The Bertz CT molecular complexity index is 1430. The normalized spacial score (nSPS) is 17.2. The van der Waals surface area contributed by atoms with Gasteiger partial charge in [0.2, 0.25) is 10.9 Å². The molecule has 4 aliphatic heterocycles. The van der Waals surface area contributed by atoms with Crippen molar-refractivity contribution in [2.75, 3.05) is 25.0 Å². The van der Waals surface area contributed by atoms with Gasteiger partial charge in [-0.3, -0.25) is 9.59 Å². The monoisotopic (exact) mass is 644 g/mol. The first kappa shape index (κ1) is 25.1. The van der Waals surface area contributed by atoms with Crippen molar-refractivity contribution in [2.45, 2.75) is 0 Å². The van der Waals surface area contributed by atoms with Crippen molar-refractivity contribution in [1.29, 1.82) is 0 Å². The van der Waals surface area contributed by atoms with Crippen molar-refractivity contribution in [3.8, 4) is 0 Å². The second-order valence-corrected chi connectivity index (χ2v) is 19.4. The fourth-order valence-electron chi connectivity index (χ4n) is 2.78. The molecule has 0 saturated carbocycles. The lowest BCUT2D eigenvalue weighted by Gasteiger charge is -1.94. The first-order valence-electron chi connectivity index (χ1n) is 8.62. The van der Waals surface area contributed by atoms with Crippen molar-refractivity contribution >= 4 is 148 Å². The molecule has 168 valence electrons. The van der Waals surface area contributed by atoms with Gasteiger partial charge in [0.15, 0.2) is 0 Å². The van der Waals surface area contributed by atoms with Crippen LogP contribution in [0.2, 0.25) is 0 Å². The SMILES string of the molecule is CSC1=C(SC)SC(=c2sc3c(=O)c4sc(=C5SC(SC)=C(SC)S5)sc=4c(=O)c=3s2)S1. The third-order valence-electron chi connectivity index (χ3n) is 4.17. The smallest absolute Gasteiger partial charge is 0.216 e. The molecule has 0 amide bonds. The molecule has 0 spiro atoms. The van der Waals surface area contributed by atoms with Crippen LogP contribution < -0.4 is 18.5 Å². The van der Waals surface area contributed by atoms with E-state index in [2.05, 4.69) is 25.0 Å². The molecule has 0 radical (unpaired) electrons. The molecule has 0 N–H and O–H groups in total. The standard InChI is InChI=1S/C18H12O2S12/c1-21-11-12(22-2)30-17(29-11)15-25-7-5(19)9-10(6(20)8(7)26-15)28-16(27-9)18-31-13(23-3)14(24-4)32-18/h1-4H3. The molecule has 0 saturated heterocycles. The zero-order valence-electron chi connectivity index (χ0n) is 16.7. The second kappa shape index (κ2) is 10.4. The van der Waals surface area contributed by atoms with Crippen LogP contribution in [0.1, 0.15) is 0 Å². The predicted octanol–water partition coefficient (Wildman–Crippen LogP) is 6.90. The summed E-state index contributed by atoms with van der Waals surface area (Å²) in [6.45, 7) is 0. The number of hydrogen-bond acceptors (Lipinski definition) is 14. The van der Waals surface area contributed by atoms with Crippen LogP contribution in [0.15, 0.2) is 26.5 Å². The third-order valence-corrected chi connectivity index (χ3v) is 20.8. The maximum absolute atomic E-state index is 13.4. The summed E-state index contributed by atoms with van der Waals surface area (Å²) in [6.07, 6.45) is 8.36. The molecule has 0 unspecified atom stereocenters. The lowest BCUT2D eigenvalue weighted by atomic mass is 10.4. The summed E-state index contributed by atoms with van der Waals surface area (Å²) in [5, 5.41) is 0. The van der Waals surface area contributed by atoms with Gasteiger partial charge in [0.1, 0.15) is 7.69 Å². The summed E-state index contributed by atoms with van der Waals surface area (Å²) in [7, 11) is 0. The quantitative estimate of drug-likeness (QED) is 0.299. The molecule has 5 rings (SSSR count). The molecule has 14 heteroatoms. The maximum atomic E-state index is 13.4.